The summed E-state index contributed by atoms with van der Waals surface area (Å²) in [5.41, 5.74) is -1.72. The van der Waals surface area contributed by atoms with E-state index in [1.54, 1.807) is 27.7 Å². The molecule has 0 saturated heterocycles. The Balaban J connectivity index is 2.56. The van der Waals surface area contributed by atoms with Gasteiger partial charge >= 0.3 is 12.1 Å². The first-order valence-corrected chi connectivity index (χ1v) is 4.92. The summed E-state index contributed by atoms with van der Waals surface area (Å²) in [7, 11) is 0. The van der Waals surface area contributed by atoms with Gasteiger partial charge in [0.05, 0.1) is 0 Å². The van der Waals surface area contributed by atoms with Crippen LogP contribution in [0.5, 0.6) is 0 Å². The van der Waals surface area contributed by atoms with Crippen molar-refractivity contribution in [3.63, 3.8) is 0 Å². The summed E-state index contributed by atoms with van der Waals surface area (Å²) in [6, 6.07) is 0. The van der Waals surface area contributed by atoms with Crippen molar-refractivity contribution in [3.8, 4) is 0 Å². The van der Waals surface area contributed by atoms with Gasteiger partial charge in [0.25, 0.3) is 0 Å². The molecule has 1 fully saturated rings. The summed E-state index contributed by atoms with van der Waals surface area (Å²) < 4.78 is 5.00. The van der Waals surface area contributed by atoms with E-state index < -0.39 is 23.2 Å². The number of rotatable bonds is 2. The third-order valence-electron chi connectivity index (χ3n) is 2.41. The van der Waals surface area contributed by atoms with Gasteiger partial charge in [-0.15, -0.1) is 0 Å². The van der Waals surface area contributed by atoms with Crippen LogP contribution in [0.4, 0.5) is 4.79 Å². The molecule has 86 valence electrons. The molecule has 1 aliphatic rings. The third kappa shape index (κ3) is 2.61. The number of aliphatic carboxylic acids is 1. The van der Waals surface area contributed by atoms with Crippen molar-refractivity contribution in [2.24, 2.45) is 5.92 Å². The molecule has 2 unspecified atom stereocenters. The molecule has 0 spiro atoms. The predicted molar refractivity (Wildman–Crippen MR) is 53.5 cm³/mol. The Kier molecular flexibility index (Phi) is 2.67. The van der Waals surface area contributed by atoms with Gasteiger partial charge in [0.2, 0.25) is 0 Å². The Morgan fingerprint density at radius 3 is 2.20 bits per heavy atom. The van der Waals surface area contributed by atoms with Crippen LogP contribution in [-0.2, 0) is 9.53 Å². The molecular weight excluding hydrogens is 198 g/mol. The molecule has 2 atom stereocenters. The molecule has 1 rings (SSSR count). The monoisotopic (exact) mass is 215 g/mol. The number of ether oxygens (including phenoxy) is 1. The largest absolute Gasteiger partial charge is 0.479 e. The maximum Gasteiger partial charge on any atom is 0.408 e. The van der Waals surface area contributed by atoms with Gasteiger partial charge in [-0.05, 0) is 33.1 Å². The molecule has 1 saturated carbocycles. The van der Waals surface area contributed by atoms with Crippen LogP contribution in [0.15, 0.2) is 0 Å². The zero-order valence-corrected chi connectivity index (χ0v) is 9.46. The fourth-order valence-corrected chi connectivity index (χ4v) is 1.44. The fraction of sp³-hybridized carbons (Fsp3) is 0.800. The van der Waals surface area contributed by atoms with Crippen molar-refractivity contribution >= 4 is 12.1 Å². The first-order valence-electron chi connectivity index (χ1n) is 4.92. The molecular formula is C10H17NO4. The van der Waals surface area contributed by atoms with Gasteiger partial charge in [0, 0.05) is 0 Å². The van der Waals surface area contributed by atoms with Crippen LogP contribution in [-0.4, -0.2) is 28.3 Å². The Labute approximate surface area is 88.8 Å². The van der Waals surface area contributed by atoms with Crippen LogP contribution in [0.1, 0.15) is 34.1 Å². The van der Waals surface area contributed by atoms with E-state index in [2.05, 4.69) is 5.32 Å². The molecule has 0 heterocycles. The second-order valence-corrected chi connectivity index (χ2v) is 5.01. The number of hydrogen-bond donors (Lipinski definition) is 2. The van der Waals surface area contributed by atoms with Crippen molar-refractivity contribution in [3.05, 3.63) is 0 Å². The van der Waals surface area contributed by atoms with Crippen LogP contribution in [0.3, 0.4) is 0 Å². The van der Waals surface area contributed by atoms with Crippen molar-refractivity contribution in [1.82, 2.24) is 5.32 Å². The summed E-state index contributed by atoms with van der Waals surface area (Å²) in [5.74, 6) is -1.04. The predicted octanol–water partition coefficient (Wildman–Crippen LogP) is 1.37. The minimum atomic E-state index is -1.11. The van der Waals surface area contributed by atoms with Gasteiger partial charge in [-0.3, -0.25) is 0 Å². The van der Waals surface area contributed by atoms with Crippen molar-refractivity contribution < 1.29 is 19.4 Å². The highest BCUT2D eigenvalue weighted by Gasteiger charge is 2.59. The van der Waals surface area contributed by atoms with E-state index in [0.29, 0.717) is 6.42 Å². The first kappa shape index (κ1) is 11.8. The lowest BCUT2D eigenvalue weighted by atomic mass is 10.2. The van der Waals surface area contributed by atoms with Crippen LogP contribution in [0.2, 0.25) is 0 Å². The van der Waals surface area contributed by atoms with Crippen LogP contribution >= 0.6 is 0 Å². The van der Waals surface area contributed by atoms with Crippen molar-refractivity contribution in [1.29, 1.82) is 0 Å². The van der Waals surface area contributed by atoms with Gasteiger partial charge in [0.15, 0.2) is 0 Å². The Morgan fingerprint density at radius 1 is 1.47 bits per heavy atom. The molecule has 2 N–H and O–H groups in total. The summed E-state index contributed by atoms with van der Waals surface area (Å²) in [5, 5.41) is 11.4. The molecule has 5 heteroatoms. The Morgan fingerprint density at radius 2 is 1.93 bits per heavy atom. The first-order chi connectivity index (χ1) is 6.67. The summed E-state index contributed by atoms with van der Waals surface area (Å²) >= 11 is 0. The maximum absolute atomic E-state index is 11.4. The highest BCUT2D eigenvalue weighted by atomic mass is 16.6. The highest BCUT2D eigenvalue weighted by molar-refractivity contribution is 5.88. The number of carbonyl (C=O) groups excluding carboxylic acids is 1. The summed E-state index contributed by atoms with van der Waals surface area (Å²) in [4.78, 5) is 22.3. The molecule has 0 bridgehead atoms. The third-order valence-corrected chi connectivity index (χ3v) is 2.41. The second kappa shape index (κ2) is 3.40. The number of nitrogens with one attached hydrogen (secondary N) is 1. The average Bonchev–Trinajstić information content (AvgIpc) is 2.57. The molecule has 0 aliphatic heterocycles. The molecule has 0 aromatic carbocycles. The molecule has 0 radical (unpaired) electrons. The molecule has 0 aromatic heterocycles. The molecule has 5 nitrogen and oxygen atoms in total. The second-order valence-electron chi connectivity index (χ2n) is 5.01. The highest BCUT2D eigenvalue weighted by Crippen LogP contribution is 2.43. The van der Waals surface area contributed by atoms with E-state index in [4.69, 9.17) is 9.84 Å². The quantitative estimate of drug-likeness (QED) is 0.729. The Hall–Kier alpha value is -1.26. The molecule has 15 heavy (non-hydrogen) atoms. The smallest absolute Gasteiger partial charge is 0.408 e. The SMILES string of the molecule is CC1CC1(NC(=O)OC(C)(C)C)C(=O)O. The number of amides is 1. The normalized spacial score (nSPS) is 29.5. The van der Waals surface area contributed by atoms with E-state index in [9.17, 15) is 9.59 Å². The molecule has 1 amide bonds. The number of carbonyl (C=O) groups is 2. The number of hydrogen-bond acceptors (Lipinski definition) is 3. The van der Waals surface area contributed by atoms with E-state index in [-0.39, 0.29) is 5.92 Å². The number of carboxylic acids is 1. The van der Waals surface area contributed by atoms with Gasteiger partial charge in [-0.25, -0.2) is 9.59 Å². The summed E-state index contributed by atoms with van der Waals surface area (Å²) in [6.07, 6.45) is -0.212. The van der Waals surface area contributed by atoms with Crippen LogP contribution in [0.25, 0.3) is 0 Å². The van der Waals surface area contributed by atoms with Gasteiger partial charge in [-0.2, -0.15) is 0 Å². The standard InChI is InChI=1S/C10H17NO4/c1-6-5-10(6,7(12)13)11-8(14)15-9(2,3)4/h6H,5H2,1-4H3,(H,11,14)(H,12,13). The minimum absolute atomic E-state index is 0.0393. The van der Waals surface area contributed by atoms with Gasteiger partial charge in [0.1, 0.15) is 11.1 Å². The lowest BCUT2D eigenvalue weighted by Gasteiger charge is -2.22. The van der Waals surface area contributed by atoms with Gasteiger partial charge < -0.3 is 15.2 Å². The number of carboxylic acid groups (broad SMARTS) is 1. The lowest BCUT2D eigenvalue weighted by Crippen LogP contribution is -2.46. The van der Waals surface area contributed by atoms with E-state index in [1.807, 2.05) is 0 Å². The van der Waals surface area contributed by atoms with Gasteiger partial charge in [-0.1, -0.05) is 6.92 Å². The molecule has 1 aliphatic carbocycles. The molecule has 0 aromatic rings. The fourth-order valence-electron chi connectivity index (χ4n) is 1.44. The van der Waals surface area contributed by atoms with E-state index in [0.717, 1.165) is 0 Å². The summed E-state index contributed by atoms with van der Waals surface area (Å²) in [6.45, 7) is 6.98. The van der Waals surface area contributed by atoms with E-state index >= 15 is 0 Å². The average molecular weight is 215 g/mol. The van der Waals surface area contributed by atoms with Crippen molar-refractivity contribution in [2.75, 3.05) is 0 Å². The minimum Gasteiger partial charge on any atom is -0.479 e. The Bertz CT molecular complexity index is 294. The topological polar surface area (TPSA) is 75.6 Å². The number of alkyl carbamates (subject to hydrolysis) is 1. The zero-order valence-electron chi connectivity index (χ0n) is 9.46. The maximum atomic E-state index is 11.4. The van der Waals surface area contributed by atoms with Crippen molar-refractivity contribution in [2.45, 2.75) is 45.3 Å². The van der Waals surface area contributed by atoms with Crippen LogP contribution in [0, 0.1) is 5.92 Å². The van der Waals surface area contributed by atoms with E-state index in [1.165, 1.54) is 0 Å². The zero-order chi connectivity index (χ0) is 11.9. The lowest BCUT2D eigenvalue weighted by molar-refractivity contribution is -0.141. The van der Waals surface area contributed by atoms with Crippen LogP contribution < -0.4 is 5.32 Å².